The van der Waals surface area contributed by atoms with Gasteiger partial charge in [-0.05, 0) is 23.6 Å². The normalized spacial score (nSPS) is 11.0. The van der Waals surface area contributed by atoms with E-state index in [-0.39, 0.29) is 6.61 Å². The van der Waals surface area contributed by atoms with Crippen molar-refractivity contribution in [3.05, 3.63) is 29.8 Å². The van der Waals surface area contributed by atoms with E-state index in [0.717, 1.165) is 24.5 Å². The minimum atomic E-state index is 0.109. The molecule has 0 spiro atoms. The van der Waals surface area contributed by atoms with E-state index in [1.165, 1.54) is 4.90 Å². The second-order valence-electron chi connectivity index (χ2n) is 4.12. The number of benzene rings is 1. The number of rotatable bonds is 7. The first-order chi connectivity index (χ1) is 7.72. The highest BCUT2D eigenvalue weighted by molar-refractivity contribution is 7.99. The molecule has 0 aromatic heterocycles. The molecule has 0 saturated carbocycles. The molecular formula is C13H20O2S. The third-order valence-electron chi connectivity index (χ3n) is 2.03. The van der Waals surface area contributed by atoms with E-state index in [1.807, 2.05) is 18.2 Å². The maximum absolute atomic E-state index is 9.00. The molecule has 0 aliphatic rings. The third-order valence-corrected chi connectivity index (χ3v) is 2.99. The summed E-state index contributed by atoms with van der Waals surface area (Å²) < 4.78 is 5.50. The molecule has 1 aromatic rings. The molecule has 1 aromatic carbocycles. The number of thioether (sulfide) groups is 1. The van der Waals surface area contributed by atoms with Gasteiger partial charge in [0, 0.05) is 17.3 Å². The lowest BCUT2D eigenvalue weighted by Crippen LogP contribution is -2.04. The quantitative estimate of drug-likeness (QED) is 0.587. The fourth-order valence-electron chi connectivity index (χ4n) is 1.27. The monoisotopic (exact) mass is 240 g/mol. The molecule has 0 aliphatic carbocycles. The summed E-state index contributed by atoms with van der Waals surface area (Å²) >= 11 is 1.77. The average molecular weight is 240 g/mol. The van der Waals surface area contributed by atoms with Gasteiger partial charge in [0.05, 0.1) is 13.2 Å². The van der Waals surface area contributed by atoms with Crippen LogP contribution in [0.4, 0.5) is 0 Å². The minimum Gasteiger partial charge on any atom is -0.392 e. The number of ether oxygens (including phenoxy) is 1. The highest BCUT2D eigenvalue weighted by Gasteiger charge is 1.97. The molecule has 16 heavy (non-hydrogen) atoms. The molecule has 0 heterocycles. The Morgan fingerprint density at radius 1 is 1.38 bits per heavy atom. The van der Waals surface area contributed by atoms with Crippen LogP contribution in [0, 0.1) is 5.92 Å². The van der Waals surface area contributed by atoms with Crippen molar-refractivity contribution in [1.82, 2.24) is 0 Å². The summed E-state index contributed by atoms with van der Waals surface area (Å²) in [5.74, 6) is 1.56. The van der Waals surface area contributed by atoms with Crippen molar-refractivity contribution in [3.8, 4) is 0 Å². The maximum Gasteiger partial charge on any atom is 0.0682 e. The largest absolute Gasteiger partial charge is 0.392 e. The smallest absolute Gasteiger partial charge is 0.0682 e. The van der Waals surface area contributed by atoms with Crippen molar-refractivity contribution in [2.75, 3.05) is 19.0 Å². The first-order valence-electron chi connectivity index (χ1n) is 5.62. The lowest BCUT2D eigenvalue weighted by atomic mass is 10.2. The van der Waals surface area contributed by atoms with Crippen molar-refractivity contribution < 1.29 is 9.84 Å². The number of hydrogen-bond acceptors (Lipinski definition) is 3. The zero-order chi connectivity index (χ0) is 11.8. The lowest BCUT2D eigenvalue weighted by Gasteiger charge is -2.07. The van der Waals surface area contributed by atoms with Crippen LogP contribution in [0.1, 0.15) is 19.4 Å². The standard InChI is InChI=1S/C13H20O2S/c1-11(2)10-15-6-7-16-13-5-3-4-12(8-13)9-14/h3-5,8,11,14H,6-7,9-10H2,1-2H3. The van der Waals surface area contributed by atoms with E-state index in [4.69, 9.17) is 9.84 Å². The SMILES string of the molecule is CC(C)COCCSc1cccc(CO)c1. The highest BCUT2D eigenvalue weighted by Crippen LogP contribution is 2.18. The van der Waals surface area contributed by atoms with Crippen LogP contribution in [0.3, 0.4) is 0 Å². The molecule has 0 fully saturated rings. The summed E-state index contributed by atoms with van der Waals surface area (Å²) in [7, 11) is 0. The van der Waals surface area contributed by atoms with E-state index >= 15 is 0 Å². The summed E-state index contributed by atoms with van der Waals surface area (Å²) in [5, 5.41) is 9.00. The fraction of sp³-hybridized carbons (Fsp3) is 0.538. The Hall–Kier alpha value is -0.510. The van der Waals surface area contributed by atoms with Crippen LogP contribution >= 0.6 is 11.8 Å². The Bertz CT molecular complexity index is 300. The van der Waals surface area contributed by atoms with Crippen LogP contribution < -0.4 is 0 Å². The molecule has 0 bridgehead atoms. The second-order valence-corrected chi connectivity index (χ2v) is 5.29. The molecule has 0 atom stereocenters. The molecule has 2 nitrogen and oxygen atoms in total. The Labute approximate surface area is 102 Å². The Morgan fingerprint density at radius 3 is 2.88 bits per heavy atom. The van der Waals surface area contributed by atoms with Gasteiger partial charge < -0.3 is 9.84 Å². The molecule has 3 heteroatoms. The fourth-order valence-corrected chi connectivity index (χ4v) is 2.12. The zero-order valence-corrected chi connectivity index (χ0v) is 10.8. The summed E-state index contributed by atoms with van der Waals surface area (Å²) in [6, 6.07) is 7.99. The molecule has 0 aliphatic heterocycles. The van der Waals surface area contributed by atoms with Crippen LogP contribution in [0.2, 0.25) is 0 Å². The van der Waals surface area contributed by atoms with Crippen molar-refractivity contribution in [2.45, 2.75) is 25.3 Å². The molecule has 0 radical (unpaired) electrons. The first kappa shape index (κ1) is 13.6. The maximum atomic E-state index is 9.00. The minimum absolute atomic E-state index is 0.109. The Balaban J connectivity index is 2.21. The van der Waals surface area contributed by atoms with E-state index in [1.54, 1.807) is 11.8 Å². The van der Waals surface area contributed by atoms with Crippen molar-refractivity contribution in [3.63, 3.8) is 0 Å². The molecule has 0 unspecified atom stereocenters. The van der Waals surface area contributed by atoms with E-state index < -0.39 is 0 Å². The van der Waals surface area contributed by atoms with Crippen molar-refractivity contribution in [2.24, 2.45) is 5.92 Å². The van der Waals surface area contributed by atoms with Gasteiger partial charge in [0.15, 0.2) is 0 Å². The number of aliphatic hydroxyl groups is 1. The van der Waals surface area contributed by atoms with Crippen LogP contribution in [-0.4, -0.2) is 24.1 Å². The van der Waals surface area contributed by atoms with Gasteiger partial charge in [-0.3, -0.25) is 0 Å². The Morgan fingerprint density at radius 2 is 2.19 bits per heavy atom. The second kappa shape index (κ2) is 7.71. The molecule has 90 valence electrons. The van der Waals surface area contributed by atoms with Gasteiger partial charge in [-0.25, -0.2) is 0 Å². The van der Waals surface area contributed by atoms with Crippen LogP contribution in [0.5, 0.6) is 0 Å². The molecule has 0 saturated heterocycles. The summed E-state index contributed by atoms with van der Waals surface area (Å²) in [5.41, 5.74) is 0.966. The summed E-state index contributed by atoms with van der Waals surface area (Å²) in [6.07, 6.45) is 0. The number of hydrogen-bond donors (Lipinski definition) is 1. The first-order valence-corrected chi connectivity index (χ1v) is 6.61. The molecule has 1 N–H and O–H groups in total. The van der Waals surface area contributed by atoms with Crippen LogP contribution in [-0.2, 0) is 11.3 Å². The van der Waals surface area contributed by atoms with Crippen molar-refractivity contribution in [1.29, 1.82) is 0 Å². The van der Waals surface area contributed by atoms with Crippen LogP contribution in [0.15, 0.2) is 29.2 Å². The van der Waals surface area contributed by atoms with Gasteiger partial charge >= 0.3 is 0 Å². The highest BCUT2D eigenvalue weighted by atomic mass is 32.2. The van der Waals surface area contributed by atoms with Gasteiger partial charge in [-0.2, -0.15) is 0 Å². The Kier molecular flexibility index (Phi) is 6.53. The lowest BCUT2D eigenvalue weighted by molar-refractivity contribution is 0.124. The van der Waals surface area contributed by atoms with Gasteiger partial charge in [0.2, 0.25) is 0 Å². The summed E-state index contributed by atoms with van der Waals surface area (Å²) in [4.78, 5) is 1.19. The predicted molar refractivity (Wildman–Crippen MR) is 68.7 cm³/mol. The topological polar surface area (TPSA) is 29.5 Å². The van der Waals surface area contributed by atoms with Gasteiger partial charge in [-0.15, -0.1) is 11.8 Å². The van der Waals surface area contributed by atoms with E-state index in [9.17, 15) is 0 Å². The van der Waals surface area contributed by atoms with E-state index in [2.05, 4.69) is 19.9 Å². The van der Waals surface area contributed by atoms with Gasteiger partial charge in [0.25, 0.3) is 0 Å². The van der Waals surface area contributed by atoms with Crippen LogP contribution in [0.25, 0.3) is 0 Å². The molecular weight excluding hydrogens is 220 g/mol. The molecule has 0 amide bonds. The predicted octanol–water partition coefficient (Wildman–Crippen LogP) is 2.94. The summed E-state index contributed by atoms with van der Waals surface area (Å²) in [6.45, 7) is 6.03. The number of aliphatic hydroxyl groups excluding tert-OH is 1. The zero-order valence-electron chi connectivity index (χ0n) is 9.98. The molecule has 1 rings (SSSR count). The van der Waals surface area contributed by atoms with Gasteiger partial charge in [-0.1, -0.05) is 26.0 Å². The van der Waals surface area contributed by atoms with Gasteiger partial charge in [0.1, 0.15) is 0 Å². The third kappa shape index (κ3) is 5.54. The van der Waals surface area contributed by atoms with E-state index in [0.29, 0.717) is 5.92 Å². The van der Waals surface area contributed by atoms with Crippen molar-refractivity contribution >= 4 is 11.8 Å². The average Bonchev–Trinajstić information content (AvgIpc) is 2.28.